The molecule has 7 N–H and O–H groups in total. The average molecular weight is 447 g/mol. The summed E-state index contributed by atoms with van der Waals surface area (Å²) in [4.78, 5) is 14.8. The zero-order valence-electron chi connectivity index (χ0n) is 16.3. The Morgan fingerprint density at radius 3 is 2.50 bits per heavy atom. The highest BCUT2D eigenvalue weighted by Gasteiger charge is 2.71. The van der Waals surface area contributed by atoms with Crippen LogP contribution in [0.4, 0.5) is 0 Å². The molecule has 11 nitrogen and oxygen atoms in total. The van der Waals surface area contributed by atoms with Crippen molar-refractivity contribution in [3.63, 3.8) is 0 Å². The standard InChI is InChI=1S/C18H19NO4.H2O4S.2H2O/c1-19-8-7-17-14-10-3-4-12(22-2)15(14)23-16(17)11(20)5-6-18(17,21)13(19)9-10;1-5(2,3)4;;/h3-6,13,16,21H,7-9H2,1-2H3;(H2,1,2,3,4);2*1H2/t13-,16+,17+,18-;;;/m1.../s1. The fourth-order valence-electron chi connectivity index (χ4n) is 5.28. The molecule has 168 valence electrons. The van der Waals surface area contributed by atoms with Crippen molar-refractivity contribution >= 4 is 16.2 Å². The summed E-state index contributed by atoms with van der Waals surface area (Å²) in [6.07, 6.45) is 4.00. The number of aliphatic hydroxyl groups is 1. The molecule has 30 heavy (non-hydrogen) atoms. The van der Waals surface area contributed by atoms with Crippen LogP contribution in [0.15, 0.2) is 24.3 Å². The van der Waals surface area contributed by atoms with E-state index in [0.29, 0.717) is 17.9 Å². The van der Waals surface area contributed by atoms with Crippen LogP contribution in [0.25, 0.3) is 0 Å². The number of piperidine rings is 1. The van der Waals surface area contributed by atoms with Crippen LogP contribution < -0.4 is 9.47 Å². The van der Waals surface area contributed by atoms with Gasteiger partial charge in [-0.05, 0) is 50.2 Å². The van der Waals surface area contributed by atoms with Crippen molar-refractivity contribution in [2.75, 3.05) is 20.7 Å². The molecule has 2 bridgehead atoms. The second-order valence-corrected chi connectivity index (χ2v) is 8.46. The summed E-state index contributed by atoms with van der Waals surface area (Å²) < 4.78 is 43.1. The zero-order chi connectivity index (χ0) is 20.5. The number of ketones is 1. The maximum absolute atomic E-state index is 12.6. The largest absolute Gasteiger partial charge is 0.493 e. The second-order valence-electron chi connectivity index (χ2n) is 7.56. The Bertz CT molecular complexity index is 985. The van der Waals surface area contributed by atoms with Crippen LogP contribution in [0.1, 0.15) is 17.5 Å². The molecule has 0 radical (unpaired) electrons. The van der Waals surface area contributed by atoms with E-state index in [9.17, 15) is 9.90 Å². The van der Waals surface area contributed by atoms with E-state index in [0.717, 1.165) is 24.1 Å². The van der Waals surface area contributed by atoms with Crippen molar-refractivity contribution < 1.29 is 47.9 Å². The molecule has 0 amide bonds. The third-order valence-corrected chi connectivity index (χ3v) is 6.34. The summed E-state index contributed by atoms with van der Waals surface area (Å²) in [7, 11) is -1.02. The van der Waals surface area contributed by atoms with Crippen LogP contribution in [0.3, 0.4) is 0 Å². The number of benzene rings is 1. The number of nitrogens with zero attached hydrogens (tertiary/aromatic N) is 1. The minimum absolute atomic E-state index is 0. The second kappa shape index (κ2) is 7.57. The summed E-state index contributed by atoms with van der Waals surface area (Å²) >= 11 is 0. The Morgan fingerprint density at radius 2 is 1.90 bits per heavy atom. The predicted molar refractivity (Wildman–Crippen MR) is 104 cm³/mol. The van der Waals surface area contributed by atoms with E-state index in [-0.39, 0.29) is 22.8 Å². The van der Waals surface area contributed by atoms with Gasteiger partial charge in [-0.1, -0.05) is 6.07 Å². The van der Waals surface area contributed by atoms with Crippen LogP contribution in [0, 0.1) is 0 Å². The van der Waals surface area contributed by atoms with Crippen LogP contribution >= 0.6 is 0 Å². The van der Waals surface area contributed by atoms with Crippen LogP contribution in [0.5, 0.6) is 11.5 Å². The number of rotatable bonds is 1. The molecule has 4 aliphatic rings. The minimum Gasteiger partial charge on any atom is -0.493 e. The van der Waals surface area contributed by atoms with Gasteiger partial charge >= 0.3 is 10.4 Å². The monoisotopic (exact) mass is 447 g/mol. The van der Waals surface area contributed by atoms with Crippen molar-refractivity contribution in [3.8, 4) is 11.5 Å². The highest BCUT2D eigenvalue weighted by Crippen LogP contribution is 2.63. The fourth-order valence-corrected chi connectivity index (χ4v) is 5.28. The zero-order valence-corrected chi connectivity index (χ0v) is 17.1. The van der Waals surface area contributed by atoms with Crippen molar-refractivity contribution in [2.24, 2.45) is 0 Å². The third-order valence-electron chi connectivity index (χ3n) is 6.34. The van der Waals surface area contributed by atoms with Gasteiger partial charge in [-0.25, -0.2) is 0 Å². The van der Waals surface area contributed by atoms with Gasteiger partial charge in [0, 0.05) is 11.6 Å². The average Bonchev–Trinajstić information content (AvgIpc) is 2.95. The Kier molecular flexibility index (Phi) is 6.11. The van der Waals surface area contributed by atoms with Crippen LogP contribution in [0.2, 0.25) is 0 Å². The normalized spacial score (nSPS) is 32.5. The molecule has 12 heteroatoms. The van der Waals surface area contributed by atoms with Gasteiger partial charge < -0.3 is 25.5 Å². The molecule has 1 aromatic carbocycles. The number of ether oxygens (including phenoxy) is 2. The molecule has 1 aromatic rings. The van der Waals surface area contributed by atoms with Gasteiger partial charge in [-0.2, -0.15) is 8.42 Å². The smallest absolute Gasteiger partial charge is 0.394 e. The summed E-state index contributed by atoms with van der Waals surface area (Å²) in [5, 5.41) is 11.7. The molecule has 1 saturated heterocycles. The van der Waals surface area contributed by atoms with Gasteiger partial charge in [0.2, 0.25) is 0 Å². The molecule has 2 aliphatic carbocycles. The van der Waals surface area contributed by atoms with E-state index in [1.165, 1.54) is 6.08 Å². The minimum atomic E-state index is -4.67. The maximum Gasteiger partial charge on any atom is 0.394 e. The van der Waals surface area contributed by atoms with Crippen molar-refractivity contribution in [1.29, 1.82) is 0 Å². The lowest BCUT2D eigenvalue weighted by atomic mass is 9.51. The number of carbonyl (C=O) groups excluding carboxylic acids is 1. The van der Waals surface area contributed by atoms with E-state index < -0.39 is 27.5 Å². The SMILES string of the molecule is COc1ccc2c3c1O[C@H]1C(=O)C=C[C@@]4(O)[C@@H](C2)N(C)CC[C@]314.O.O.O=S(=O)(O)O. The summed E-state index contributed by atoms with van der Waals surface area (Å²) in [5.41, 5.74) is 0.385. The molecule has 4 atom stereocenters. The molecular formula is C18H25NO10S. The van der Waals surface area contributed by atoms with Gasteiger partial charge in [0.05, 0.1) is 12.5 Å². The molecule has 0 aromatic heterocycles. The number of methoxy groups -OCH3 is 1. The first-order valence-electron chi connectivity index (χ1n) is 8.75. The van der Waals surface area contributed by atoms with Crippen molar-refractivity contribution in [2.45, 2.75) is 36.0 Å². The number of hydrogen-bond donors (Lipinski definition) is 3. The van der Waals surface area contributed by atoms with Gasteiger partial charge in [0.15, 0.2) is 23.4 Å². The van der Waals surface area contributed by atoms with Gasteiger partial charge in [-0.15, -0.1) is 0 Å². The quantitative estimate of drug-likeness (QED) is 0.430. The lowest BCUT2D eigenvalue weighted by molar-refractivity contribution is -0.151. The first-order valence-corrected chi connectivity index (χ1v) is 10.1. The van der Waals surface area contributed by atoms with E-state index in [4.69, 9.17) is 27.0 Å². The van der Waals surface area contributed by atoms with E-state index in [1.54, 1.807) is 13.2 Å². The van der Waals surface area contributed by atoms with Gasteiger partial charge in [0.25, 0.3) is 0 Å². The lowest BCUT2D eigenvalue weighted by Gasteiger charge is -2.60. The Hall–Kier alpha value is -2.06. The Labute approximate surface area is 173 Å². The van der Waals surface area contributed by atoms with E-state index >= 15 is 0 Å². The summed E-state index contributed by atoms with van der Waals surface area (Å²) in [5.74, 6) is 1.22. The van der Waals surface area contributed by atoms with E-state index in [2.05, 4.69) is 11.0 Å². The van der Waals surface area contributed by atoms with E-state index in [1.807, 2.05) is 13.1 Å². The number of carbonyl (C=O) groups is 1. The highest BCUT2D eigenvalue weighted by atomic mass is 32.3. The molecule has 2 aliphatic heterocycles. The first kappa shape index (κ1) is 24.2. The highest BCUT2D eigenvalue weighted by molar-refractivity contribution is 7.79. The van der Waals surface area contributed by atoms with Crippen molar-refractivity contribution in [1.82, 2.24) is 4.90 Å². The van der Waals surface area contributed by atoms with Gasteiger partial charge in [0.1, 0.15) is 5.60 Å². The maximum atomic E-state index is 12.6. The Balaban J connectivity index is 0.000000415. The molecule has 0 unspecified atom stereocenters. The molecular weight excluding hydrogens is 422 g/mol. The van der Waals surface area contributed by atoms with Gasteiger partial charge in [-0.3, -0.25) is 18.8 Å². The Morgan fingerprint density at radius 1 is 1.27 bits per heavy atom. The first-order chi connectivity index (χ1) is 13.0. The van der Waals surface area contributed by atoms with Crippen LogP contribution in [-0.4, -0.2) is 82.7 Å². The summed E-state index contributed by atoms with van der Waals surface area (Å²) in [6.45, 7) is 0.837. The van der Waals surface area contributed by atoms with Crippen molar-refractivity contribution in [3.05, 3.63) is 35.4 Å². The molecule has 1 spiro atoms. The number of likely N-dealkylation sites (tertiary alicyclic amines) is 1. The number of likely N-dealkylation sites (N-methyl/N-ethyl adjacent to an activating group) is 1. The third kappa shape index (κ3) is 3.12. The molecule has 1 fully saturated rings. The molecule has 2 heterocycles. The molecule has 0 saturated carbocycles. The lowest BCUT2D eigenvalue weighted by Crippen LogP contribution is -2.74. The topological polar surface area (TPSA) is 197 Å². The summed E-state index contributed by atoms with van der Waals surface area (Å²) in [6, 6.07) is 3.92. The predicted octanol–water partition coefficient (Wildman–Crippen LogP) is -1.48. The molecule has 5 rings (SSSR count). The number of hydrogen-bond acceptors (Lipinski definition) is 7. The van der Waals surface area contributed by atoms with Crippen LogP contribution in [-0.2, 0) is 27.0 Å². The fraction of sp³-hybridized carbons (Fsp3) is 0.500.